The summed E-state index contributed by atoms with van der Waals surface area (Å²) in [6.07, 6.45) is 3.11. The van der Waals surface area contributed by atoms with E-state index >= 15 is 0 Å². The van der Waals surface area contributed by atoms with Crippen LogP contribution in [0.25, 0.3) is 6.08 Å². The largest absolute Gasteiger partial charge is 0.523 e. The van der Waals surface area contributed by atoms with E-state index in [1.807, 2.05) is 0 Å². The van der Waals surface area contributed by atoms with Gasteiger partial charge in [0.1, 0.15) is 0 Å². The molecule has 0 spiro atoms. The highest BCUT2D eigenvalue weighted by Crippen LogP contribution is 2.80. The number of alkyl halides is 6. The summed E-state index contributed by atoms with van der Waals surface area (Å²) in [5.41, 5.74) is -10.6. The van der Waals surface area contributed by atoms with Gasteiger partial charge >= 0.3 is 21.1 Å². The normalized spacial score (nSPS) is 26.6. The van der Waals surface area contributed by atoms with Crippen molar-refractivity contribution in [3.8, 4) is 0 Å². The molecule has 0 bridgehead atoms. The van der Waals surface area contributed by atoms with Crippen molar-refractivity contribution >= 4 is 26.5 Å². The van der Waals surface area contributed by atoms with E-state index in [2.05, 4.69) is 3.63 Å². The van der Waals surface area contributed by atoms with Crippen molar-refractivity contribution in [2.24, 2.45) is 5.92 Å². The molecule has 1 unspecified atom stereocenters. The van der Waals surface area contributed by atoms with E-state index in [9.17, 15) is 34.8 Å². The third-order valence-electron chi connectivity index (χ3n) is 4.66. The number of rotatable bonds is 3. The SMILES string of the molecule is Cc1ccc2c(c1)C=C(C1CCCC1)S2(OS(=O)(=O)C(F)(F)F)C(F)(F)F. The average molecular weight is 434 g/mol. The first-order chi connectivity index (χ1) is 12.3. The van der Waals surface area contributed by atoms with Crippen molar-refractivity contribution < 1.29 is 38.4 Å². The van der Waals surface area contributed by atoms with Crippen LogP contribution in [0.4, 0.5) is 26.3 Å². The molecular weight excluding hydrogens is 418 g/mol. The molecule has 1 fully saturated rings. The van der Waals surface area contributed by atoms with Gasteiger partial charge in [-0.05, 0) is 43.4 Å². The molecule has 0 amide bonds. The van der Waals surface area contributed by atoms with Crippen LogP contribution in [0.2, 0.25) is 0 Å². The molecule has 1 atom stereocenters. The quantitative estimate of drug-likeness (QED) is 0.433. The van der Waals surface area contributed by atoms with E-state index in [1.54, 1.807) is 6.92 Å². The van der Waals surface area contributed by atoms with Gasteiger partial charge in [-0.2, -0.15) is 38.4 Å². The molecular formula is C16H16F6O3S2. The molecule has 0 aromatic heterocycles. The minimum Gasteiger partial charge on any atom is -0.196 e. The molecule has 3 nitrogen and oxygen atoms in total. The van der Waals surface area contributed by atoms with Crippen molar-refractivity contribution in [3.63, 3.8) is 0 Å². The van der Waals surface area contributed by atoms with E-state index in [-0.39, 0.29) is 10.5 Å². The summed E-state index contributed by atoms with van der Waals surface area (Å²) >= 11 is 0. The van der Waals surface area contributed by atoms with Crippen molar-refractivity contribution in [3.05, 3.63) is 34.2 Å². The summed E-state index contributed by atoms with van der Waals surface area (Å²) in [7, 11) is -11.3. The van der Waals surface area contributed by atoms with Crippen LogP contribution >= 0.6 is 10.3 Å². The van der Waals surface area contributed by atoms with Crippen LogP contribution in [0.15, 0.2) is 28.0 Å². The summed E-state index contributed by atoms with van der Waals surface area (Å²) < 4.78 is 109. The van der Waals surface area contributed by atoms with Crippen molar-refractivity contribution in [1.29, 1.82) is 0 Å². The average Bonchev–Trinajstić information content (AvgIpc) is 3.11. The fourth-order valence-corrected chi connectivity index (χ4v) is 8.29. The van der Waals surface area contributed by atoms with Gasteiger partial charge in [0, 0.05) is 20.1 Å². The molecule has 27 heavy (non-hydrogen) atoms. The Morgan fingerprint density at radius 1 is 1.07 bits per heavy atom. The molecule has 2 aliphatic rings. The first-order valence-electron chi connectivity index (χ1n) is 8.04. The standard InChI is InChI=1S/C16H16F6O3S2/c1-10-6-7-13-12(8-10)9-14(11-4-2-3-5-11)26(13,15(17,18)19)25-27(23,24)16(20,21)22/h6-9,11H,2-5H2,1H3. The van der Waals surface area contributed by atoms with Crippen LogP contribution in [0.5, 0.6) is 0 Å². The number of halogens is 6. The Hall–Kier alpha value is -1.20. The van der Waals surface area contributed by atoms with Gasteiger partial charge in [-0.25, -0.2) is 0 Å². The van der Waals surface area contributed by atoms with Gasteiger partial charge in [-0.1, -0.05) is 30.5 Å². The van der Waals surface area contributed by atoms with Crippen molar-refractivity contribution in [2.75, 3.05) is 0 Å². The second-order valence-corrected chi connectivity index (χ2v) is 10.9. The number of allylic oxidation sites excluding steroid dienone is 1. The molecule has 0 saturated heterocycles. The lowest BCUT2D eigenvalue weighted by molar-refractivity contribution is -0.0547. The predicted molar refractivity (Wildman–Crippen MR) is 89.1 cm³/mol. The summed E-state index contributed by atoms with van der Waals surface area (Å²) in [6, 6.07) is 3.73. The minimum absolute atomic E-state index is 0.0570. The maximum absolute atomic E-state index is 14.3. The molecule has 0 radical (unpaired) electrons. The second-order valence-electron chi connectivity index (χ2n) is 6.54. The molecule has 1 aromatic rings. The molecule has 1 aliphatic carbocycles. The Kier molecular flexibility index (Phi) is 4.88. The number of aryl methyl sites for hydroxylation is 1. The molecule has 11 heteroatoms. The van der Waals surface area contributed by atoms with Crippen LogP contribution in [0, 0.1) is 12.8 Å². The fourth-order valence-electron chi connectivity index (χ4n) is 3.51. The topological polar surface area (TPSA) is 43.4 Å². The van der Waals surface area contributed by atoms with Crippen LogP contribution in [-0.2, 0) is 13.7 Å². The van der Waals surface area contributed by atoms with E-state index in [0.29, 0.717) is 31.2 Å². The summed E-state index contributed by atoms with van der Waals surface area (Å²) in [5, 5.41) is 0. The number of fused-ring (bicyclic) bond motifs is 1. The number of hydrogen-bond donors (Lipinski definition) is 0. The molecule has 1 aromatic carbocycles. The lowest BCUT2D eigenvalue weighted by atomic mass is 10.1. The zero-order valence-corrected chi connectivity index (χ0v) is 15.7. The van der Waals surface area contributed by atoms with Crippen LogP contribution < -0.4 is 0 Å². The Morgan fingerprint density at radius 3 is 2.19 bits per heavy atom. The number of benzene rings is 1. The first-order valence-corrected chi connectivity index (χ1v) is 11.0. The zero-order valence-electron chi connectivity index (χ0n) is 14.0. The van der Waals surface area contributed by atoms with E-state index in [0.717, 1.165) is 6.07 Å². The Morgan fingerprint density at radius 2 is 1.67 bits per heavy atom. The monoisotopic (exact) mass is 434 g/mol. The molecule has 1 saturated carbocycles. The van der Waals surface area contributed by atoms with Gasteiger partial charge in [0.15, 0.2) is 0 Å². The van der Waals surface area contributed by atoms with E-state index in [4.69, 9.17) is 0 Å². The third kappa shape index (κ3) is 3.27. The molecule has 0 N–H and O–H groups in total. The second kappa shape index (κ2) is 6.41. The fraction of sp³-hybridized carbons (Fsp3) is 0.500. The minimum atomic E-state index is -6.46. The molecule has 152 valence electrons. The molecule has 3 rings (SSSR count). The lowest BCUT2D eigenvalue weighted by Gasteiger charge is -2.41. The van der Waals surface area contributed by atoms with Gasteiger partial charge in [-0.3, -0.25) is 0 Å². The lowest BCUT2D eigenvalue weighted by Crippen LogP contribution is -2.33. The summed E-state index contributed by atoms with van der Waals surface area (Å²) in [6.45, 7) is 1.62. The van der Waals surface area contributed by atoms with Crippen LogP contribution in [0.1, 0.15) is 36.8 Å². The van der Waals surface area contributed by atoms with Crippen molar-refractivity contribution in [1.82, 2.24) is 0 Å². The third-order valence-corrected chi connectivity index (χ3v) is 9.52. The van der Waals surface area contributed by atoms with Gasteiger partial charge in [0.25, 0.3) is 0 Å². The van der Waals surface area contributed by atoms with E-state index in [1.165, 1.54) is 18.2 Å². The molecule has 1 heterocycles. The predicted octanol–water partition coefficient (Wildman–Crippen LogP) is 6.00. The van der Waals surface area contributed by atoms with Gasteiger partial charge in [-0.15, -0.1) is 0 Å². The maximum Gasteiger partial charge on any atom is 0.523 e. The Balaban J connectivity index is 2.27. The highest BCUT2D eigenvalue weighted by Gasteiger charge is 2.65. The van der Waals surface area contributed by atoms with Crippen LogP contribution in [0.3, 0.4) is 0 Å². The Labute approximate surface area is 154 Å². The van der Waals surface area contributed by atoms with Crippen molar-refractivity contribution in [2.45, 2.75) is 48.5 Å². The van der Waals surface area contributed by atoms with E-state index < -0.39 is 42.3 Å². The van der Waals surface area contributed by atoms with Crippen LogP contribution in [-0.4, -0.2) is 19.4 Å². The summed E-state index contributed by atoms with van der Waals surface area (Å²) in [5.74, 6) is -0.669. The Bertz CT molecular complexity index is 882. The highest BCUT2D eigenvalue weighted by atomic mass is 32.3. The highest BCUT2D eigenvalue weighted by molar-refractivity contribution is 8.37. The molecule has 1 aliphatic heterocycles. The van der Waals surface area contributed by atoms with Gasteiger partial charge in [0.05, 0.1) is 0 Å². The van der Waals surface area contributed by atoms with Gasteiger partial charge in [0.2, 0.25) is 0 Å². The van der Waals surface area contributed by atoms with Gasteiger partial charge < -0.3 is 0 Å². The smallest absolute Gasteiger partial charge is 0.196 e. The number of hydrogen-bond acceptors (Lipinski definition) is 3. The summed E-state index contributed by atoms with van der Waals surface area (Å²) in [4.78, 5) is -0.934. The first kappa shape index (κ1) is 20.5. The zero-order chi connectivity index (χ0) is 20.3. The maximum atomic E-state index is 14.3.